The highest BCUT2D eigenvalue weighted by molar-refractivity contribution is 5.84. The fourth-order valence-corrected chi connectivity index (χ4v) is 4.21. The number of carboxylic acids is 1. The van der Waals surface area contributed by atoms with Gasteiger partial charge in [0, 0.05) is 24.3 Å². The molecule has 0 unspecified atom stereocenters. The topological polar surface area (TPSA) is 113 Å². The number of ketones is 1. The van der Waals surface area contributed by atoms with Crippen molar-refractivity contribution in [1.29, 1.82) is 0 Å². The Hall–Kier alpha value is -2.22. The Morgan fingerprint density at radius 3 is 2.87 bits per heavy atom. The normalized spacial score (nSPS) is 27.1. The van der Waals surface area contributed by atoms with Gasteiger partial charge in [-0.05, 0) is 44.1 Å². The molecule has 0 spiro atoms. The number of ether oxygens (including phenoxy) is 2. The van der Waals surface area contributed by atoms with Gasteiger partial charge in [-0.3, -0.25) is 9.59 Å². The van der Waals surface area contributed by atoms with Crippen molar-refractivity contribution in [1.82, 2.24) is 0 Å². The number of hydrogen-bond acceptors (Lipinski definition) is 6. The zero-order chi connectivity index (χ0) is 21.5. The van der Waals surface area contributed by atoms with Gasteiger partial charge >= 0.3 is 5.97 Å². The minimum Gasteiger partial charge on any atom is -0.481 e. The van der Waals surface area contributed by atoms with Crippen LogP contribution in [0.15, 0.2) is 36.4 Å². The summed E-state index contributed by atoms with van der Waals surface area (Å²) in [6, 6.07) is 7.53. The molecule has 3 N–H and O–H groups in total. The van der Waals surface area contributed by atoms with E-state index in [4.69, 9.17) is 14.6 Å². The lowest BCUT2D eigenvalue weighted by Gasteiger charge is -2.30. The third-order valence-electron chi connectivity index (χ3n) is 5.88. The first-order valence-electron chi connectivity index (χ1n) is 10.6. The number of fused-ring (bicyclic) bond motifs is 1. The van der Waals surface area contributed by atoms with Crippen LogP contribution >= 0.6 is 0 Å². The van der Waals surface area contributed by atoms with Gasteiger partial charge in [0.15, 0.2) is 0 Å². The molecule has 0 bridgehead atoms. The largest absolute Gasteiger partial charge is 0.481 e. The summed E-state index contributed by atoms with van der Waals surface area (Å²) in [7, 11) is 0. The second kappa shape index (κ2) is 10.7. The van der Waals surface area contributed by atoms with E-state index < -0.39 is 24.5 Å². The second-order valence-electron chi connectivity index (χ2n) is 8.05. The van der Waals surface area contributed by atoms with Crippen molar-refractivity contribution in [3.05, 3.63) is 42.0 Å². The van der Waals surface area contributed by atoms with Crippen molar-refractivity contribution in [2.24, 2.45) is 11.8 Å². The number of rotatable bonds is 10. The SMILES string of the molecule is O=C(O)CCC/C=C\C[C@H]1C(=O)C[C@@H](O)[C@@H]1CC[C@@H](O)[C@H]1OCc2ccccc2O1. The van der Waals surface area contributed by atoms with E-state index >= 15 is 0 Å². The fraction of sp³-hybridized carbons (Fsp3) is 0.565. The molecule has 1 fully saturated rings. The van der Waals surface area contributed by atoms with E-state index in [1.165, 1.54) is 0 Å². The van der Waals surface area contributed by atoms with Crippen LogP contribution in [-0.4, -0.2) is 45.6 Å². The minimum absolute atomic E-state index is 0.0382. The van der Waals surface area contributed by atoms with Crippen LogP contribution in [0.3, 0.4) is 0 Å². The van der Waals surface area contributed by atoms with Gasteiger partial charge < -0.3 is 24.8 Å². The number of aliphatic hydroxyl groups is 2. The minimum atomic E-state index is -0.853. The molecular weight excluding hydrogens is 388 g/mol. The van der Waals surface area contributed by atoms with Crippen molar-refractivity contribution < 1.29 is 34.4 Å². The van der Waals surface area contributed by atoms with Crippen LogP contribution in [0.2, 0.25) is 0 Å². The van der Waals surface area contributed by atoms with E-state index in [9.17, 15) is 19.8 Å². The summed E-state index contributed by atoms with van der Waals surface area (Å²) in [5.41, 5.74) is 0.938. The summed E-state index contributed by atoms with van der Waals surface area (Å²) in [5.74, 6) is -0.569. The Labute approximate surface area is 176 Å². The van der Waals surface area contributed by atoms with Gasteiger partial charge in [-0.2, -0.15) is 0 Å². The van der Waals surface area contributed by atoms with Crippen LogP contribution in [0.1, 0.15) is 50.5 Å². The lowest BCUT2D eigenvalue weighted by molar-refractivity contribution is -0.168. The predicted molar refractivity (Wildman–Crippen MR) is 109 cm³/mol. The maximum atomic E-state index is 12.3. The zero-order valence-corrected chi connectivity index (χ0v) is 17.0. The van der Waals surface area contributed by atoms with Crippen LogP contribution in [0.4, 0.5) is 0 Å². The number of aliphatic hydroxyl groups excluding tert-OH is 2. The predicted octanol–water partition coefficient (Wildman–Crippen LogP) is 2.83. The third kappa shape index (κ3) is 5.90. The summed E-state index contributed by atoms with van der Waals surface area (Å²) in [6.45, 7) is 0.373. The first-order valence-corrected chi connectivity index (χ1v) is 10.6. The number of carboxylic acid groups (broad SMARTS) is 1. The Balaban J connectivity index is 1.48. The molecule has 1 aromatic carbocycles. The maximum absolute atomic E-state index is 12.3. The molecule has 1 aromatic rings. The number of aliphatic carboxylic acids is 1. The number of para-hydroxylation sites is 1. The lowest BCUT2D eigenvalue weighted by atomic mass is 9.86. The number of carbonyl (C=O) groups is 2. The Morgan fingerprint density at radius 2 is 2.07 bits per heavy atom. The van der Waals surface area contributed by atoms with E-state index in [-0.39, 0.29) is 30.5 Å². The molecule has 1 aliphatic heterocycles. The van der Waals surface area contributed by atoms with Crippen LogP contribution in [-0.2, 0) is 20.9 Å². The molecule has 0 aromatic heterocycles. The van der Waals surface area contributed by atoms with Gasteiger partial charge in [-0.25, -0.2) is 0 Å². The van der Waals surface area contributed by atoms with Gasteiger partial charge in [0.2, 0.25) is 6.29 Å². The highest BCUT2D eigenvalue weighted by Crippen LogP contribution is 2.36. The average Bonchev–Trinajstić information content (AvgIpc) is 3.00. The van der Waals surface area contributed by atoms with Gasteiger partial charge in [-0.1, -0.05) is 30.4 Å². The molecule has 1 saturated carbocycles. The number of hydrogen-bond donors (Lipinski definition) is 3. The first kappa shape index (κ1) is 22.5. The summed E-state index contributed by atoms with van der Waals surface area (Å²) in [4.78, 5) is 22.8. The van der Waals surface area contributed by atoms with Crippen molar-refractivity contribution >= 4 is 11.8 Å². The molecule has 1 heterocycles. The van der Waals surface area contributed by atoms with E-state index in [1.807, 2.05) is 36.4 Å². The molecule has 0 amide bonds. The molecule has 164 valence electrons. The summed E-state index contributed by atoms with van der Waals surface area (Å²) in [5, 5.41) is 29.5. The number of allylic oxidation sites excluding steroid dienone is 2. The second-order valence-corrected chi connectivity index (χ2v) is 8.05. The molecule has 30 heavy (non-hydrogen) atoms. The molecule has 3 rings (SSSR count). The fourth-order valence-electron chi connectivity index (χ4n) is 4.21. The highest BCUT2D eigenvalue weighted by atomic mass is 16.7. The maximum Gasteiger partial charge on any atom is 0.303 e. The molecule has 0 saturated heterocycles. The van der Waals surface area contributed by atoms with Crippen LogP contribution in [0.25, 0.3) is 0 Å². The van der Waals surface area contributed by atoms with E-state index in [0.717, 1.165) is 5.56 Å². The van der Waals surface area contributed by atoms with Gasteiger partial charge in [0.25, 0.3) is 0 Å². The van der Waals surface area contributed by atoms with E-state index in [0.29, 0.717) is 44.5 Å². The Bertz CT molecular complexity index is 760. The summed E-state index contributed by atoms with van der Waals surface area (Å²) >= 11 is 0. The van der Waals surface area contributed by atoms with Crippen LogP contribution in [0.5, 0.6) is 5.75 Å². The quantitative estimate of drug-likeness (QED) is 0.395. The van der Waals surface area contributed by atoms with E-state index in [1.54, 1.807) is 0 Å². The smallest absolute Gasteiger partial charge is 0.303 e. The summed E-state index contributed by atoms with van der Waals surface area (Å²) in [6.07, 6.45) is 4.34. The summed E-state index contributed by atoms with van der Waals surface area (Å²) < 4.78 is 11.4. The Kier molecular flexibility index (Phi) is 8.01. The van der Waals surface area contributed by atoms with E-state index in [2.05, 4.69) is 0 Å². The highest BCUT2D eigenvalue weighted by Gasteiger charge is 2.41. The third-order valence-corrected chi connectivity index (χ3v) is 5.88. The van der Waals surface area contributed by atoms with Crippen molar-refractivity contribution in [2.45, 2.75) is 70.1 Å². The van der Waals surface area contributed by atoms with Gasteiger partial charge in [-0.15, -0.1) is 0 Å². The molecule has 0 radical (unpaired) electrons. The number of carbonyl (C=O) groups excluding carboxylic acids is 1. The molecule has 7 nitrogen and oxygen atoms in total. The van der Waals surface area contributed by atoms with Gasteiger partial charge in [0.1, 0.15) is 17.6 Å². The molecular formula is C23H30O7. The van der Waals surface area contributed by atoms with Crippen molar-refractivity contribution in [2.75, 3.05) is 0 Å². The monoisotopic (exact) mass is 418 g/mol. The van der Waals surface area contributed by atoms with Crippen LogP contribution in [0, 0.1) is 11.8 Å². The number of Topliss-reactive ketones (excluding diaryl/α,β-unsaturated/α-hetero) is 1. The molecule has 1 aliphatic carbocycles. The van der Waals surface area contributed by atoms with Gasteiger partial charge in [0.05, 0.1) is 12.7 Å². The first-order chi connectivity index (χ1) is 14.5. The average molecular weight is 418 g/mol. The molecule has 5 atom stereocenters. The van der Waals surface area contributed by atoms with Crippen molar-refractivity contribution in [3.63, 3.8) is 0 Å². The molecule has 7 heteroatoms. The van der Waals surface area contributed by atoms with Crippen LogP contribution < -0.4 is 4.74 Å². The standard InChI is InChI=1S/C23H30O7/c24-18(23-29-14-15-7-5-6-9-21(15)30-23)12-11-17-16(19(25)13-20(17)26)8-3-1-2-4-10-22(27)28/h1,3,5-7,9,16-18,20,23-24,26H,2,4,8,10-14H2,(H,27,28)/b3-1-/t16-,17-,18-,20-,23+/m1/s1. The number of benzene rings is 1. The Morgan fingerprint density at radius 1 is 1.27 bits per heavy atom. The lowest BCUT2D eigenvalue weighted by Crippen LogP contribution is -2.37. The molecule has 2 aliphatic rings. The number of unbranched alkanes of at least 4 members (excludes halogenated alkanes) is 1. The zero-order valence-electron chi connectivity index (χ0n) is 17.0. The van der Waals surface area contributed by atoms with Crippen molar-refractivity contribution in [3.8, 4) is 5.75 Å².